The number of carbonyl (C=O) groups excluding carboxylic acids is 1. The number of nitrogens with one attached hydrogen (secondary N) is 1. The zero-order valence-corrected chi connectivity index (χ0v) is 14.2. The molecule has 3 aromatic rings. The molecule has 2 aromatic heterocycles. The molecule has 0 bridgehead atoms. The monoisotopic (exact) mass is 327 g/mol. The van der Waals surface area contributed by atoms with Crippen LogP contribution in [0.1, 0.15) is 20.8 Å². The van der Waals surface area contributed by atoms with E-state index in [1.165, 1.54) is 0 Å². The van der Waals surface area contributed by atoms with E-state index in [1.54, 1.807) is 16.0 Å². The van der Waals surface area contributed by atoms with Crippen LogP contribution in [0, 0.1) is 0 Å². The molecular weight excluding hydrogens is 308 g/mol. The summed E-state index contributed by atoms with van der Waals surface area (Å²) >= 11 is 1.62. The van der Waals surface area contributed by atoms with Crippen molar-refractivity contribution < 1.29 is 14.2 Å². The van der Waals surface area contributed by atoms with E-state index in [0.717, 1.165) is 22.0 Å². The number of amides is 1. The SMILES string of the molecule is CC(C)(C)OC(=O)N[n+]1cc2ccccc2cc1-c1ccsc1. The molecule has 0 spiro atoms. The smallest absolute Gasteiger partial charge is 0.440 e. The minimum atomic E-state index is -0.538. The van der Waals surface area contributed by atoms with E-state index in [2.05, 4.69) is 22.9 Å². The van der Waals surface area contributed by atoms with Gasteiger partial charge in [0.05, 0.1) is 5.56 Å². The summed E-state index contributed by atoms with van der Waals surface area (Å²) in [5.41, 5.74) is 4.24. The van der Waals surface area contributed by atoms with Gasteiger partial charge in [-0.15, -0.1) is 0 Å². The minimum absolute atomic E-state index is 0.478. The number of rotatable bonds is 2. The van der Waals surface area contributed by atoms with Crippen molar-refractivity contribution in [3.63, 3.8) is 0 Å². The molecule has 0 fully saturated rings. The first kappa shape index (κ1) is 15.5. The van der Waals surface area contributed by atoms with Crippen molar-refractivity contribution in [2.75, 3.05) is 5.43 Å². The number of benzene rings is 1. The second kappa shape index (κ2) is 6.01. The molecule has 1 amide bonds. The second-order valence-electron chi connectivity index (χ2n) is 6.28. The normalized spacial score (nSPS) is 11.4. The quantitative estimate of drug-likeness (QED) is 0.712. The van der Waals surface area contributed by atoms with Gasteiger partial charge >= 0.3 is 6.09 Å². The maximum Gasteiger partial charge on any atom is 0.461 e. The third-order valence-corrected chi connectivity index (χ3v) is 3.93. The lowest BCUT2D eigenvalue weighted by molar-refractivity contribution is -0.630. The summed E-state index contributed by atoms with van der Waals surface area (Å²) in [5, 5.41) is 6.23. The molecule has 0 aliphatic rings. The average molecular weight is 327 g/mol. The predicted molar refractivity (Wildman–Crippen MR) is 93.1 cm³/mol. The Morgan fingerprint density at radius 3 is 2.57 bits per heavy atom. The molecule has 3 rings (SSSR count). The molecule has 0 radical (unpaired) electrons. The topological polar surface area (TPSA) is 42.2 Å². The number of pyridine rings is 1. The standard InChI is InChI=1S/C18H18N2O2S/c1-18(2,3)22-17(21)19-20-11-14-7-5-4-6-13(14)10-16(20)15-8-9-23-12-15/h4-12H,1-3H3/p+1. The number of aromatic nitrogens is 1. The highest BCUT2D eigenvalue weighted by Crippen LogP contribution is 2.22. The lowest BCUT2D eigenvalue weighted by Crippen LogP contribution is -2.51. The first-order valence-electron chi connectivity index (χ1n) is 7.39. The van der Waals surface area contributed by atoms with E-state index in [1.807, 2.05) is 56.6 Å². The van der Waals surface area contributed by atoms with Crippen molar-refractivity contribution in [1.29, 1.82) is 0 Å². The molecule has 0 unspecified atom stereocenters. The Balaban J connectivity index is 2.03. The van der Waals surface area contributed by atoms with Crippen LogP contribution in [-0.4, -0.2) is 11.7 Å². The fraction of sp³-hybridized carbons (Fsp3) is 0.222. The summed E-state index contributed by atoms with van der Waals surface area (Å²) in [4.78, 5) is 12.1. The van der Waals surface area contributed by atoms with Gasteiger partial charge < -0.3 is 4.74 Å². The first-order valence-corrected chi connectivity index (χ1v) is 8.34. The zero-order chi connectivity index (χ0) is 16.4. The van der Waals surface area contributed by atoms with Crippen LogP contribution in [0.3, 0.4) is 0 Å². The van der Waals surface area contributed by atoms with Gasteiger partial charge in [-0.2, -0.15) is 11.3 Å². The van der Waals surface area contributed by atoms with Crippen molar-refractivity contribution in [3.8, 4) is 11.3 Å². The van der Waals surface area contributed by atoms with Gasteiger partial charge in [0, 0.05) is 16.8 Å². The first-order chi connectivity index (χ1) is 10.9. The third kappa shape index (κ3) is 3.68. The van der Waals surface area contributed by atoms with Crippen LogP contribution in [0.5, 0.6) is 0 Å². The van der Waals surface area contributed by atoms with E-state index < -0.39 is 11.7 Å². The number of carbonyl (C=O) groups is 1. The van der Waals surface area contributed by atoms with Gasteiger partial charge in [-0.25, -0.2) is 4.79 Å². The van der Waals surface area contributed by atoms with Gasteiger partial charge in [-0.3, -0.25) is 0 Å². The van der Waals surface area contributed by atoms with Gasteiger partial charge in [0.25, 0.3) is 0 Å². The van der Waals surface area contributed by atoms with E-state index >= 15 is 0 Å². The van der Waals surface area contributed by atoms with Crippen LogP contribution in [0.25, 0.3) is 22.0 Å². The van der Waals surface area contributed by atoms with Crippen molar-refractivity contribution >= 4 is 28.2 Å². The molecule has 118 valence electrons. The summed E-state index contributed by atoms with van der Waals surface area (Å²) in [7, 11) is 0. The van der Waals surface area contributed by atoms with Crippen molar-refractivity contribution in [2.45, 2.75) is 26.4 Å². The number of hydrogen-bond donors (Lipinski definition) is 1. The molecule has 23 heavy (non-hydrogen) atoms. The highest BCUT2D eigenvalue weighted by atomic mass is 32.1. The minimum Gasteiger partial charge on any atom is -0.440 e. The Morgan fingerprint density at radius 2 is 1.91 bits per heavy atom. The number of hydrogen-bond acceptors (Lipinski definition) is 3. The Hall–Kier alpha value is -2.40. The predicted octanol–water partition coefficient (Wildman–Crippen LogP) is 4.33. The number of ether oxygens (including phenoxy) is 1. The van der Waals surface area contributed by atoms with E-state index in [9.17, 15) is 4.79 Å². The summed E-state index contributed by atoms with van der Waals surface area (Å²) < 4.78 is 7.08. The lowest BCUT2D eigenvalue weighted by Gasteiger charge is -2.18. The number of thiophene rings is 1. The van der Waals surface area contributed by atoms with Crippen LogP contribution in [-0.2, 0) is 4.74 Å². The zero-order valence-electron chi connectivity index (χ0n) is 13.4. The number of fused-ring (bicyclic) bond motifs is 1. The molecule has 0 saturated carbocycles. The van der Waals surface area contributed by atoms with Crippen LogP contribution < -0.4 is 10.1 Å². The molecule has 1 aromatic carbocycles. The average Bonchev–Trinajstić information content (AvgIpc) is 2.98. The number of nitrogens with zero attached hydrogens (tertiary/aromatic N) is 1. The van der Waals surface area contributed by atoms with Gasteiger partial charge in [-0.05, 0) is 43.7 Å². The second-order valence-corrected chi connectivity index (χ2v) is 7.06. The van der Waals surface area contributed by atoms with Crippen LogP contribution in [0.4, 0.5) is 4.79 Å². The Bertz CT molecular complexity index is 836. The fourth-order valence-corrected chi connectivity index (χ4v) is 2.96. The maximum absolute atomic E-state index is 12.1. The summed E-state index contributed by atoms with van der Waals surface area (Å²) in [5.74, 6) is 0. The van der Waals surface area contributed by atoms with Crippen molar-refractivity contribution in [2.24, 2.45) is 0 Å². The summed E-state index contributed by atoms with van der Waals surface area (Å²) in [6.07, 6.45) is 1.43. The Labute approximate surface area is 139 Å². The third-order valence-electron chi connectivity index (χ3n) is 3.24. The van der Waals surface area contributed by atoms with Gasteiger partial charge in [0.15, 0.2) is 0 Å². The fourth-order valence-electron chi connectivity index (χ4n) is 2.31. The molecule has 5 heteroatoms. The Morgan fingerprint density at radius 1 is 1.17 bits per heavy atom. The van der Waals surface area contributed by atoms with E-state index in [-0.39, 0.29) is 0 Å². The molecule has 4 nitrogen and oxygen atoms in total. The lowest BCUT2D eigenvalue weighted by atomic mass is 10.1. The van der Waals surface area contributed by atoms with Gasteiger partial charge in [0.1, 0.15) is 5.60 Å². The largest absolute Gasteiger partial charge is 0.461 e. The molecule has 0 atom stereocenters. The van der Waals surface area contributed by atoms with Crippen molar-refractivity contribution in [1.82, 2.24) is 0 Å². The maximum atomic E-state index is 12.1. The van der Waals surface area contributed by atoms with Crippen molar-refractivity contribution in [3.05, 3.63) is 53.4 Å². The van der Waals surface area contributed by atoms with E-state index in [0.29, 0.717) is 0 Å². The van der Waals surface area contributed by atoms with E-state index in [4.69, 9.17) is 4.74 Å². The van der Waals surface area contributed by atoms with Crippen LogP contribution >= 0.6 is 11.3 Å². The molecule has 0 saturated heterocycles. The molecule has 2 heterocycles. The van der Waals surface area contributed by atoms with Crippen LogP contribution in [0.15, 0.2) is 53.4 Å². The molecular formula is C18H19N2O2S+. The van der Waals surface area contributed by atoms with Gasteiger partial charge in [-0.1, -0.05) is 28.3 Å². The molecule has 0 aliphatic heterocycles. The molecule has 1 N–H and O–H groups in total. The molecule has 0 aliphatic carbocycles. The van der Waals surface area contributed by atoms with Gasteiger partial charge in [0.2, 0.25) is 11.9 Å². The highest BCUT2D eigenvalue weighted by Gasteiger charge is 2.22. The summed E-state index contributed by atoms with van der Waals surface area (Å²) in [6.45, 7) is 5.53. The highest BCUT2D eigenvalue weighted by molar-refractivity contribution is 7.08. The Kier molecular flexibility index (Phi) is 4.05. The van der Waals surface area contributed by atoms with Crippen LogP contribution in [0.2, 0.25) is 0 Å². The summed E-state index contributed by atoms with van der Waals surface area (Å²) in [6, 6.07) is 12.1.